The first-order valence-corrected chi connectivity index (χ1v) is 10.7. The van der Waals surface area contributed by atoms with Crippen molar-refractivity contribution in [1.82, 2.24) is 0 Å². The van der Waals surface area contributed by atoms with Crippen LogP contribution in [0.3, 0.4) is 0 Å². The molecule has 0 saturated carbocycles. The van der Waals surface area contributed by atoms with Crippen LogP contribution in [0.25, 0.3) is 0 Å². The van der Waals surface area contributed by atoms with Gasteiger partial charge < -0.3 is 0 Å². The third-order valence-electron chi connectivity index (χ3n) is 5.31. The monoisotopic (exact) mass is 446 g/mol. The molecule has 0 unspecified atom stereocenters. The summed E-state index contributed by atoms with van der Waals surface area (Å²) in [6.07, 6.45) is 0. The summed E-state index contributed by atoms with van der Waals surface area (Å²) in [6, 6.07) is 11.2. The summed E-state index contributed by atoms with van der Waals surface area (Å²) in [6.45, 7) is 16.5. The Balaban J connectivity index is 0.00000480. The molecule has 0 bridgehead atoms. The predicted octanol–water partition coefficient (Wildman–Crippen LogP) is 7.53. The summed E-state index contributed by atoms with van der Waals surface area (Å²) in [7, 11) is 0. The topological polar surface area (TPSA) is 52.6 Å². The second-order valence-corrected chi connectivity index (χ2v) is 8.98. The van der Waals surface area contributed by atoms with Crippen molar-refractivity contribution in [2.45, 2.75) is 79.1 Å². The minimum Gasteiger partial charge on any atom is -0.241 e. The van der Waals surface area contributed by atoms with Gasteiger partial charge in [0.15, 0.2) is 0 Å². The summed E-state index contributed by atoms with van der Waals surface area (Å²) >= 11 is 0. The van der Waals surface area contributed by atoms with Crippen LogP contribution in [-0.2, 0) is 9.78 Å². The van der Waals surface area contributed by atoms with Crippen molar-refractivity contribution >= 4 is 24.3 Å². The molecule has 0 spiro atoms. The van der Waals surface area contributed by atoms with Gasteiger partial charge in [0.05, 0.1) is 11.1 Å². The Morgan fingerprint density at radius 3 is 1.16 bits per heavy atom. The van der Waals surface area contributed by atoms with Crippen LogP contribution in [0.15, 0.2) is 36.4 Å². The molecule has 0 heterocycles. The van der Waals surface area contributed by atoms with Crippen molar-refractivity contribution in [1.29, 1.82) is 0 Å². The Morgan fingerprint density at radius 2 is 0.903 bits per heavy atom. The van der Waals surface area contributed by atoms with Gasteiger partial charge in [-0.25, -0.2) is 19.4 Å². The zero-order valence-corrected chi connectivity index (χ0v) is 20.6. The highest BCUT2D eigenvalue weighted by molar-refractivity contribution is 5.94. The molecule has 2 rings (SSSR count). The van der Waals surface area contributed by atoms with E-state index in [4.69, 9.17) is 9.78 Å². The molecule has 0 radical (unpaired) electrons. The number of benzene rings is 2. The van der Waals surface area contributed by atoms with E-state index >= 15 is 0 Å². The summed E-state index contributed by atoms with van der Waals surface area (Å²) < 4.78 is 0. The van der Waals surface area contributed by atoms with E-state index in [0.717, 1.165) is 22.3 Å². The lowest BCUT2D eigenvalue weighted by Gasteiger charge is -2.20. The fourth-order valence-electron chi connectivity index (χ4n) is 3.98. The summed E-state index contributed by atoms with van der Waals surface area (Å²) in [5.41, 5.74) is 4.92. The van der Waals surface area contributed by atoms with Gasteiger partial charge in [0.1, 0.15) is 0 Å². The molecule has 4 nitrogen and oxygen atoms in total. The Kier molecular flexibility index (Phi) is 9.76. The molecule has 0 aliphatic heterocycles. The molecule has 5 heteroatoms. The maximum atomic E-state index is 12.8. The van der Waals surface area contributed by atoms with Gasteiger partial charge in [0, 0.05) is 0 Å². The quantitative estimate of drug-likeness (QED) is 0.340. The Bertz CT molecular complexity index is 838. The average Bonchev–Trinajstić information content (AvgIpc) is 2.70. The van der Waals surface area contributed by atoms with Crippen LogP contribution in [0, 0.1) is 0 Å². The highest BCUT2D eigenvalue weighted by Gasteiger charge is 2.24. The maximum Gasteiger partial charge on any atom is 0.386 e. The molecule has 31 heavy (non-hydrogen) atoms. The maximum absolute atomic E-state index is 12.8. The van der Waals surface area contributed by atoms with Crippen LogP contribution in [0.2, 0.25) is 0 Å². The molecule has 2 aromatic carbocycles. The van der Waals surface area contributed by atoms with Crippen LogP contribution in [0.4, 0.5) is 0 Å². The molecule has 0 fully saturated rings. The third kappa shape index (κ3) is 6.10. The lowest BCUT2D eigenvalue weighted by molar-refractivity contribution is -0.187. The molecule has 0 saturated heterocycles. The number of hydrogen-bond acceptors (Lipinski definition) is 4. The van der Waals surface area contributed by atoms with Crippen LogP contribution in [0.1, 0.15) is 122 Å². The molecule has 0 amide bonds. The van der Waals surface area contributed by atoms with Gasteiger partial charge in [-0.3, -0.25) is 0 Å². The summed E-state index contributed by atoms with van der Waals surface area (Å²) in [5, 5.41) is 0. The normalized spacial score (nSPS) is 11.1. The van der Waals surface area contributed by atoms with Crippen molar-refractivity contribution < 1.29 is 19.4 Å². The van der Waals surface area contributed by atoms with E-state index in [1.54, 1.807) is 12.1 Å². The highest BCUT2D eigenvalue weighted by atomic mass is 35.5. The summed E-state index contributed by atoms with van der Waals surface area (Å²) in [4.78, 5) is 35.6. The Hall–Kier alpha value is -2.33. The van der Waals surface area contributed by atoms with Crippen molar-refractivity contribution in [3.63, 3.8) is 0 Å². The average molecular weight is 447 g/mol. The minimum atomic E-state index is -0.652. The molecule has 0 aliphatic carbocycles. The molecule has 0 N–H and O–H groups in total. The van der Waals surface area contributed by atoms with E-state index < -0.39 is 11.9 Å². The zero-order chi connectivity index (χ0) is 22.6. The second-order valence-electron chi connectivity index (χ2n) is 8.98. The van der Waals surface area contributed by atoms with E-state index in [2.05, 4.69) is 27.7 Å². The van der Waals surface area contributed by atoms with Gasteiger partial charge in [-0.2, -0.15) is 0 Å². The van der Waals surface area contributed by atoms with Gasteiger partial charge >= 0.3 is 11.9 Å². The zero-order valence-electron chi connectivity index (χ0n) is 19.8. The number of hydrogen-bond donors (Lipinski definition) is 0. The largest absolute Gasteiger partial charge is 0.386 e. The number of carbonyl (C=O) groups is 2. The summed E-state index contributed by atoms with van der Waals surface area (Å²) in [5.74, 6) is -0.495. The van der Waals surface area contributed by atoms with Gasteiger partial charge in [-0.15, -0.1) is 12.4 Å². The molecule has 2 aromatic rings. The Labute approximate surface area is 192 Å². The molecule has 0 aromatic heterocycles. The van der Waals surface area contributed by atoms with E-state index in [-0.39, 0.29) is 36.1 Å². The first-order valence-electron chi connectivity index (χ1n) is 10.7. The van der Waals surface area contributed by atoms with E-state index in [0.29, 0.717) is 11.1 Å². The van der Waals surface area contributed by atoms with Crippen molar-refractivity contribution in [2.75, 3.05) is 0 Å². The third-order valence-corrected chi connectivity index (χ3v) is 5.31. The number of rotatable bonds is 6. The predicted molar refractivity (Wildman–Crippen MR) is 127 cm³/mol. The van der Waals surface area contributed by atoms with E-state index in [1.807, 2.05) is 52.0 Å². The van der Waals surface area contributed by atoms with Gasteiger partial charge in [0.2, 0.25) is 0 Å². The van der Waals surface area contributed by atoms with Crippen LogP contribution in [0.5, 0.6) is 0 Å². The SMILES string of the molecule is CC(C)c1cccc(C(=O)OOC(=O)c2cccc(C(C)C)c2C(C)C)c1C(C)C.Cl. The molecule has 0 atom stereocenters. The van der Waals surface area contributed by atoms with Gasteiger partial charge in [0.25, 0.3) is 0 Å². The molecule has 0 aliphatic rings. The van der Waals surface area contributed by atoms with Crippen LogP contribution in [-0.4, -0.2) is 11.9 Å². The smallest absolute Gasteiger partial charge is 0.241 e. The lowest BCUT2D eigenvalue weighted by Crippen LogP contribution is -2.17. The second kappa shape index (κ2) is 11.3. The molecular formula is C26H35ClO4. The highest BCUT2D eigenvalue weighted by Crippen LogP contribution is 2.31. The standard InChI is InChI=1S/C26H34O4.ClH/c1-15(2)19-11-9-13-21(23(19)17(5)6)25(27)29-30-26(28)22-14-10-12-20(16(3)4)24(22)18(7)8;/h9-18H,1-8H3;1H. The van der Waals surface area contributed by atoms with E-state index in [9.17, 15) is 9.59 Å². The first-order chi connectivity index (χ1) is 14.1. The Morgan fingerprint density at radius 1 is 0.581 bits per heavy atom. The fourth-order valence-corrected chi connectivity index (χ4v) is 3.98. The van der Waals surface area contributed by atoms with Crippen LogP contribution < -0.4 is 0 Å². The molecule has 170 valence electrons. The van der Waals surface area contributed by atoms with Crippen molar-refractivity contribution in [3.8, 4) is 0 Å². The van der Waals surface area contributed by atoms with Gasteiger partial charge in [-0.05, 0) is 58.1 Å². The number of halogens is 1. The fraction of sp³-hybridized carbons (Fsp3) is 0.462. The minimum absolute atomic E-state index is 0. The van der Waals surface area contributed by atoms with Crippen molar-refractivity contribution in [3.05, 3.63) is 69.8 Å². The lowest BCUT2D eigenvalue weighted by atomic mass is 9.87. The van der Waals surface area contributed by atoms with Crippen molar-refractivity contribution in [2.24, 2.45) is 0 Å². The van der Waals surface area contributed by atoms with E-state index in [1.165, 1.54) is 0 Å². The van der Waals surface area contributed by atoms with Gasteiger partial charge in [-0.1, -0.05) is 79.7 Å². The first kappa shape index (κ1) is 26.7. The molecular weight excluding hydrogens is 412 g/mol. The number of carbonyl (C=O) groups excluding carboxylic acids is 2. The van der Waals surface area contributed by atoms with Crippen LogP contribution >= 0.6 is 12.4 Å².